The molecule has 4 heteroatoms. The summed E-state index contributed by atoms with van der Waals surface area (Å²) in [5.74, 6) is 2.21. The van der Waals surface area contributed by atoms with Crippen LogP contribution in [0.25, 0.3) is 0 Å². The Kier molecular flexibility index (Phi) is 5.69. The van der Waals surface area contributed by atoms with E-state index in [1.165, 1.54) is 6.42 Å². The molecule has 1 amide bonds. The van der Waals surface area contributed by atoms with Gasteiger partial charge in [-0.2, -0.15) is 0 Å². The largest absolute Gasteiger partial charge is 0.495 e. The predicted molar refractivity (Wildman–Crippen MR) is 88.2 cm³/mol. The third kappa shape index (κ3) is 4.15. The summed E-state index contributed by atoms with van der Waals surface area (Å²) >= 11 is 0. The van der Waals surface area contributed by atoms with Gasteiger partial charge >= 0.3 is 6.09 Å². The number of carbonyl (C=O) groups excluding carboxylic acids is 1. The number of hydrogen-bond acceptors (Lipinski definition) is 3. The number of nitrogens with one attached hydrogen (secondary N) is 1. The van der Waals surface area contributed by atoms with Crippen LogP contribution in [0.4, 0.5) is 10.5 Å². The highest BCUT2D eigenvalue weighted by Crippen LogP contribution is 2.35. The highest BCUT2D eigenvalue weighted by atomic mass is 16.6. The molecule has 1 N–H and O–H groups in total. The smallest absolute Gasteiger partial charge is 0.412 e. The molecular weight excluding hydrogens is 278 g/mol. The molecule has 22 heavy (non-hydrogen) atoms. The normalized spacial score (nSPS) is 24.9. The van der Waals surface area contributed by atoms with Gasteiger partial charge in [0, 0.05) is 0 Å². The van der Waals surface area contributed by atoms with Crippen molar-refractivity contribution >= 4 is 11.8 Å². The molecular formula is C18H27NO3. The average Bonchev–Trinajstić information content (AvgIpc) is 2.47. The van der Waals surface area contributed by atoms with Crippen LogP contribution in [0.5, 0.6) is 5.75 Å². The lowest BCUT2D eigenvalue weighted by atomic mass is 9.75. The highest BCUT2D eigenvalue weighted by molar-refractivity contribution is 5.86. The second-order valence-electron chi connectivity index (χ2n) is 6.60. The van der Waals surface area contributed by atoms with Crippen LogP contribution >= 0.6 is 0 Å². The van der Waals surface area contributed by atoms with E-state index in [-0.39, 0.29) is 6.10 Å². The van der Waals surface area contributed by atoms with Gasteiger partial charge in [-0.15, -0.1) is 0 Å². The van der Waals surface area contributed by atoms with Crippen LogP contribution < -0.4 is 10.1 Å². The summed E-state index contributed by atoms with van der Waals surface area (Å²) in [5, 5.41) is 2.80. The molecule has 1 aliphatic rings. The van der Waals surface area contributed by atoms with Gasteiger partial charge in [0.15, 0.2) is 0 Å². The minimum absolute atomic E-state index is 0.00143. The van der Waals surface area contributed by atoms with Crippen LogP contribution in [-0.2, 0) is 4.74 Å². The van der Waals surface area contributed by atoms with Crippen LogP contribution in [-0.4, -0.2) is 19.3 Å². The zero-order valence-corrected chi connectivity index (χ0v) is 14.0. The molecule has 0 spiro atoms. The summed E-state index contributed by atoms with van der Waals surface area (Å²) in [5.41, 5.74) is 0.639. The van der Waals surface area contributed by atoms with Gasteiger partial charge in [-0.05, 0) is 42.7 Å². The molecule has 3 atom stereocenters. The minimum atomic E-state index is -0.394. The van der Waals surface area contributed by atoms with Crippen molar-refractivity contribution < 1.29 is 14.3 Å². The fourth-order valence-corrected chi connectivity index (χ4v) is 3.28. The van der Waals surface area contributed by atoms with Crippen LogP contribution in [0.3, 0.4) is 0 Å². The number of hydrogen-bond donors (Lipinski definition) is 1. The summed E-state index contributed by atoms with van der Waals surface area (Å²) in [7, 11) is 1.59. The van der Waals surface area contributed by atoms with Gasteiger partial charge in [-0.1, -0.05) is 39.3 Å². The van der Waals surface area contributed by atoms with Crippen molar-refractivity contribution in [1.29, 1.82) is 0 Å². The van der Waals surface area contributed by atoms with Gasteiger partial charge in [0.1, 0.15) is 11.9 Å². The van der Waals surface area contributed by atoms with Crippen LogP contribution in [0.2, 0.25) is 0 Å². The molecule has 4 nitrogen and oxygen atoms in total. The third-order valence-electron chi connectivity index (χ3n) is 4.56. The fourth-order valence-electron chi connectivity index (χ4n) is 3.28. The number of amides is 1. The SMILES string of the molecule is COc1ccccc1NC(=O)OC1CC(C)CCC1C(C)C. The van der Waals surface area contributed by atoms with E-state index < -0.39 is 6.09 Å². The Balaban J connectivity index is 2.00. The standard InChI is InChI=1S/C18H27NO3/c1-12(2)14-10-9-13(3)11-17(14)22-18(20)19-15-7-5-6-8-16(15)21-4/h5-8,12-14,17H,9-11H2,1-4H3,(H,19,20). The maximum Gasteiger partial charge on any atom is 0.412 e. The first-order valence-corrected chi connectivity index (χ1v) is 8.12. The molecule has 0 bridgehead atoms. The average molecular weight is 305 g/mol. The van der Waals surface area contributed by atoms with Crippen molar-refractivity contribution in [2.45, 2.75) is 46.1 Å². The molecule has 3 unspecified atom stereocenters. The molecule has 0 heterocycles. The van der Waals surface area contributed by atoms with E-state index in [1.54, 1.807) is 7.11 Å². The lowest BCUT2D eigenvalue weighted by Crippen LogP contribution is -2.37. The molecule has 0 saturated heterocycles. The number of para-hydroxylation sites is 2. The maximum absolute atomic E-state index is 12.2. The maximum atomic E-state index is 12.2. The Morgan fingerprint density at radius 2 is 2.00 bits per heavy atom. The Morgan fingerprint density at radius 1 is 1.27 bits per heavy atom. The van der Waals surface area contributed by atoms with E-state index in [2.05, 4.69) is 26.1 Å². The second kappa shape index (κ2) is 7.52. The number of rotatable bonds is 4. The second-order valence-corrected chi connectivity index (χ2v) is 6.60. The predicted octanol–water partition coefficient (Wildman–Crippen LogP) is 4.70. The first-order chi connectivity index (χ1) is 10.5. The van der Waals surface area contributed by atoms with Gasteiger partial charge in [0.25, 0.3) is 0 Å². The summed E-state index contributed by atoms with van der Waals surface area (Å²) in [6.07, 6.45) is 2.90. The number of ether oxygens (including phenoxy) is 2. The Hall–Kier alpha value is -1.71. The number of anilines is 1. The molecule has 1 saturated carbocycles. The van der Waals surface area contributed by atoms with E-state index in [9.17, 15) is 4.79 Å². The Labute approximate surface area is 133 Å². The van der Waals surface area contributed by atoms with Crippen molar-refractivity contribution in [2.75, 3.05) is 12.4 Å². The van der Waals surface area contributed by atoms with Crippen molar-refractivity contribution in [2.24, 2.45) is 17.8 Å². The lowest BCUT2D eigenvalue weighted by molar-refractivity contribution is 0.0126. The summed E-state index contributed by atoms with van der Waals surface area (Å²) in [6.45, 7) is 6.63. The molecule has 1 aromatic carbocycles. The van der Waals surface area contributed by atoms with Crippen LogP contribution in [0.1, 0.15) is 40.0 Å². The Bertz CT molecular complexity index is 501. The van der Waals surface area contributed by atoms with Crippen molar-refractivity contribution in [3.8, 4) is 5.75 Å². The first kappa shape index (κ1) is 16.7. The molecule has 1 aromatic rings. The topological polar surface area (TPSA) is 47.6 Å². The van der Waals surface area contributed by atoms with Gasteiger partial charge < -0.3 is 9.47 Å². The first-order valence-electron chi connectivity index (χ1n) is 8.12. The van der Waals surface area contributed by atoms with E-state index in [1.807, 2.05) is 24.3 Å². The number of methoxy groups -OCH3 is 1. The molecule has 1 aliphatic carbocycles. The van der Waals surface area contributed by atoms with E-state index >= 15 is 0 Å². The third-order valence-corrected chi connectivity index (χ3v) is 4.56. The van der Waals surface area contributed by atoms with Gasteiger partial charge in [-0.3, -0.25) is 5.32 Å². The van der Waals surface area contributed by atoms with Crippen LogP contribution in [0.15, 0.2) is 24.3 Å². The zero-order chi connectivity index (χ0) is 16.1. The highest BCUT2D eigenvalue weighted by Gasteiger charge is 2.33. The monoisotopic (exact) mass is 305 g/mol. The molecule has 1 fully saturated rings. The van der Waals surface area contributed by atoms with Gasteiger partial charge in [-0.25, -0.2) is 4.79 Å². The van der Waals surface area contributed by atoms with Gasteiger partial charge in [0.2, 0.25) is 0 Å². The van der Waals surface area contributed by atoms with E-state index in [0.29, 0.717) is 29.2 Å². The minimum Gasteiger partial charge on any atom is -0.495 e. The molecule has 122 valence electrons. The van der Waals surface area contributed by atoms with Crippen molar-refractivity contribution in [3.63, 3.8) is 0 Å². The Morgan fingerprint density at radius 3 is 2.68 bits per heavy atom. The number of carbonyl (C=O) groups is 1. The number of benzene rings is 1. The van der Waals surface area contributed by atoms with E-state index in [4.69, 9.17) is 9.47 Å². The fraction of sp³-hybridized carbons (Fsp3) is 0.611. The molecule has 0 aliphatic heterocycles. The summed E-state index contributed by atoms with van der Waals surface area (Å²) in [6, 6.07) is 7.35. The summed E-state index contributed by atoms with van der Waals surface area (Å²) < 4.78 is 11.0. The zero-order valence-electron chi connectivity index (χ0n) is 14.0. The molecule has 2 rings (SSSR count). The van der Waals surface area contributed by atoms with Crippen molar-refractivity contribution in [1.82, 2.24) is 0 Å². The summed E-state index contributed by atoms with van der Waals surface area (Å²) in [4.78, 5) is 12.2. The molecule has 0 aromatic heterocycles. The lowest BCUT2D eigenvalue weighted by Gasteiger charge is -2.36. The van der Waals surface area contributed by atoms with Gasteiger partial charge in [0.05, 0.1) is 12.8 Å². The quantitative estimate of drug-likeness (QED) is 0.876. The van der Waals surface area contributed by atoms with E-state index in [0.717, 1.165) is 12.8 Å². The molecule has 0 radical (unpaired) electrons. The van der Waals surface area contributed by atoms with Crippen molar-refractivity contribution in [3.05, 3.63) is 24.3 Å². The van der Waals surface area contributed by atoms with Crippen LogP contribution in [0, 0.1) is 17.8 Å².